The van der Waals surface area contributed by atoms with Gasteiger partial charge in [-0.05, 0) is 43.7 Å². The standard InChI is InChI=1S/C24H26N6O3/c1-2-33-19-6-7-21-20(11-19)23(27-18(12-25)13-26)30-22(29-21)15-4-3-5-17(10-15)28-24(31)16-8-9-32-14-16/h3-7,10-13,16,25H,2,8-9,14,26H2,1H3,(H,28,31)(H,27,29,30)/b18-13+,25-12?. The van der Waals surface area contributed by atoms with E-state index < -0.39 is 0 Å². The first-order valence-corrected chi connectivity index (χ1v) is 10.7. The minimum Gasteiger partial charge on any atom is -0.494 e. The van der Waals surface area contributed by atoms with E-state index in [1.807, 2.05) is 49.4 Å². The molecular weight excluding hydrogens is 420 g/mol. The number of carbonyl (C=O) groups excluding carboxylic acids is 1. The number of benzene rings is 2. The van der Waals surface area contributed by atoms with Crippen LogP contribution < -0.4 is 21.1 Å². The number of fused-ring (bicyclic) bond motifs is 1. The first-order chi connectivity index (χ1) is 16.1. The summed E-state index contributed by atoms with van der Waals surface area (Å²) in [7, 11) is 0. The number of hydrogen-bond donors (Lipinski definition) is 4. The summed E-state index contributed by atoms with van der Waals surface area (Å²) in [6.07, 6.45) is 3.14. The van der Waals surface area contributed by atoms with Gasteiger partial charge in [0.15, 0.2) is 5.82 Å². The van der Waals surface area contributed by atoms with Gasteiger partial charge < -0.3 is 31.3 Å². The monoisotopic (exact) mass is 446 g/mol. The summed E-state index contributed by atoms with van der Waals surface area (Å²) in [4.78, 5) is 21.9. The Hall–Kier alpha value is -3.98. The molecule has 2 aromatic carbocycles. The molecule has 1 atom stereocenters. The largest absolute Gasteiger partial charge is 0.494 e. The van der Waals surface area contributed by atoms with Crippen LogP contribution in [0.3, 0.4) is 0 Å². The van der Waals surface area contributed by atoms with Gasteiger partial charge in [-0.25, -0.2) is 9.97 Å². The zero-order valence-electron chi connectivity index (χ0n) is 18.3. The molecule has 1 aromatic heterocycles. The van der Waals surface area contributed by atoms with Crippen LogP contribution >= 0.6 is 0 Å². The van der Waals surface area contributed by atoms with Gasteiger partial charge in [-0.3, -0.25) is 4.79 Å². The fraction of sp³-hybridized carbons (Fsp3) is 0.250. The smallest absolute Gasteiger partial charge is 0.229 e. The molecule has 0 saturated carbocycles. The summed E-state index contributed by atoms with van der Waals surface area (Å²) in [6, 6.07) is 13.0. The Morgan fingerprint density at radius 2 is 2.15 bits per heavy atom. The first-order valence-electron chi connectivity index (χ1n) is 10.7. The van der Waals surface area contributed by atoms with Crippen LogP contribution in [-0.4, -0.2) is 41.9 Å². The molecule has 1 aliphatic rings. The number of nitrogens with zero attached hydrogens (tertiary/aromatic N) is 2. The molecule has 5 N–H and O–H groups in total. The van der Waals surface area contributed by atoms with Gasteiger partial charge >= 0.3 is 0 Å². The first kappa shape index (κ1) is 22.2. The highest BCUT2D eigenvalue weighted by molar-refractivity contribution is 5.95. The normalized spacial score (nSPS) is 15.9. The van der Waals surface area contributed by atoms with Gasteiger partial charge in [0, 0.05) is 35.7 Å². The van der Waals surface area contributed by atoms with Gasteiger partial charge in [-0.1, -0.05) is 12.1 Å². The van der Waals surface area contributed by atoms with Crippen molar-refractivity contribution < 1.29 is 14.3 Å². The summed E-state index contributed by atoms with van der Waals surface area (Å²) < 4.78 is 10.9. The van der Waals surface area contributed by atoms with Crippen LogP contribution in [0, 0.1) is 11.3 Å². The molecule has 2 heterocycles. The maximum Gasteiger partial charge on any atom is 0.229 e. The second-order valence-corrected chi connectivity index (χ2v) is 7.53. The van der Waals surface area contributed by atoms with Crippen LogP contribution in [0.2, 0.25) is 0 Å². The zero-order chi connectivity index (χ0) is 23.2. The van der Waals surface area contributed by atoms with E-state index in [-0.39, 0.29) is 11.8 Å². The van der Waals surface area contributed by atoms with Crippen LogP contribution in [0.5, 0.6) is 5.75 Å². The fourth-order valence-electron chi connectivity index (χ4n) is 3.57. The molecular formula is C24H26N6O3. The summed E-state index contributed by atoms with van der Waals surface area (Å²) >= 11 is 0. The Labute approximate surface area is 191 Å². The van der Waals surface area contributed by atoms with E-state index >= 15 is 0 Å². The number of ether oxygens (including phenoxy) is 2. The average molecular weight is 447 g/mol. The Morgan fingerprint density at radius 1 is 1.27 bits per heavy atom. The second-order valence-electron chi connectivity index (χ2n) is 7.53. The van der Waals surface area contributed by atoms with Crippen molar-refractivity contribution in [3.63, 3.8) is 0 Å². The number of hydrogen-bond acceptors (Lipinski definition) is 8. The van der Waals surface area contributed by atoms with Crippen LogP contribution in [0.4, 0.5) is 11.5 Å². The summed E-state index contributed by atoms with van der Waals surface area (Å²) in [5, 5.41) is 14.3. The summed E-state index contributed by atoms with van der Waals surface area (Å²) in [6.45, 7) is 3.51. The molecule has 9 nitrogen and oxygen atoms in total. The number of rotatable bonds is 8. The molecule has 0 bridgehead atoms. The highest BCUT2D eigenvalue weighted by Gasteiger charge is 2.23. The van der Waals surface area contributed by atoms with Gasteiger partial charge in [-0.15, -0.1) is 0 Å². The minimum absolute atomic E-state index is 0.0569. The van der Waals surface area contributed by atoms with E-state index in [1.54, 1.807) is 0 Å². The number of aromatic nitrogens is 2. The maximum absolute atomic E-state index is 12.5. The number of carbonyl (C=O) groups is 1. The number of amides is 1. The van der Waals surface area contributed by atoms with Crippen molar-refractivity contribution in [2.45, 2.75) is 13.3 Å². The Kier molecular flexibility index (Phi) is 6.80. The van der Waals surface area contributed by atoms with Gasteiger partial charge in [-0.2, -0.15) is 0 Å². The molecule has 0 radical (unpaired) electrons. The molecule has 1 unspecified atom stereocenters. The number of nitrogens with two attached hydrogens (primary N) is 1. The van der Waals surface area contributed by atoms with E-state index in [9.17, 15) is 4.79 Å². The third-order valence-electron chi connectivity index (χ3n) is 5.26. The second kappa shape index (κ2) is 10.1. The number of allylic oxidation sites excluding steroid dienone is 1. The Morgan fingerprint density at radius 3 is 2.88 bits per heavy atom. The van der Waals surface area contributed by atoms with Crippen molar-refractivity contribution in [2.24, 2.45) is 11.7 Å². The lowest BCUT2D eigenvalue weighted by atomic mass is 10.1. The van der Waals surface area contributed by atoms with Crippen molar-refractivity contribution in [1.29, 1.82) is 5.41 Å². The zero-order valence-corrected chi connectivity index (χ0v) is 18.3. The van der Waals surface area contributed by atoms with Crippen molar-refractivity contribution in [2.75, 3.05) is 30.5 Å². The van der Waals surface area contributed by atoms with Crippen molar-refractivity contribution in [3.05, 3.63) is 54.4 Å². The molecule has 0 spiro atoms. The fourth-order valence-corrected chi connectivity index (χ4v) is 3.57. The third kappa shape index (κ3) is 5.09. The van der Waals surface area contributed by atoms with Crippen LogP contribution in [0.25, 0.3) is 22.3 Å². The minimum atomic E-state index is -0.136. The van der Waals surface area contributed by atoms with E-state index in [1.165, 1.54) is 6.20 Å². The molecule has 1 saturated heterocycles. The average Bonchev–Trinajstić information content (AvgIpc) is 3.38. The number of anilines is 2. The van der Waals surface area contributed by atoms with Gasteiger partial charge in [0.05, 0.1) is 30.3 Å². The van der Waals surface area contributed by atoms with Gasteiger partial charge in [0.1, 0.15) is 11.6 Å². The quantitative estimate of drug-likeness (QED) is 0.389. The SMILES string of the molecule is CCOc1ccc2nc(-c3cccc(NC(=O)C4CCOC4)c3)nc(N/C(C=N)=C/N)c2c1. The summed E-state index contributed by atoms with van der Waals surface area (Å²) in [5.41, 5.74) is 8.12. The Bertz CT molecular complexity index is 1200. The van der Waals surface area contributed by atoms with E-state index in [0.29, 0.717) is 54.1 Å². The lowest BCUT2D eigenvalue weighted by Crippen LogP contribution is -2.22. The molecule has 3 aromatic rings. The van der Waals surface area contributed by atoms with Crippen molar-refractivity contribution in [1.82, 2.24) is 9.97 Å². The summed E-state index contributed by atoms with van der Waals surface area (Å²) in [5.74, 6) is 1.46. The Balaban J connectivity index is 1.71. The molecule has 9 heteroatoms. The van der Waals surface area contributed by atoms with E-state index in [0.717, 1.165) is 23.6 Å². The highest BCUT2D eigenvalue weighted by Crippen LogP contribution is 2.30. The van der Waals surface area contributed by atoms with Crippen LogP contribution in [0.1, 0.15) is 13.3 Å². The molecule has 4 rings (SSSR count). The van der Waals surface area contributed by atoms with Crippen molar-refractivity contribution >= 4 is 34.5 Å². The third-order valence-corrected chi connectivity index (χ3v) is 5.26. The predicted octanol–water partition coefficient (Wildman–Crippen LogP) is 3.53. The molecule has 1 aliphatic heterocycles. The highest BCUT2D eigenvalue weighted by atomic mass is 16.5. The topological polar surface area (TPSA) is 135 Å². The van der Waals surface area contributed by atoms with E-state index in [2.05, 4.69) is 10.6 Å². The van der Waals surface area contributed by atoms with Crippen molar-refractivity contribution in [3.8, 4) is 17.1 Å². The lowest BCUT2D eigenvalue weighted by molar-refractivity contribution is -0.119. The lowest BCUT2D eigenvalue weighted by Gasteiger charge is -2.13. The maximum atomic E-state index is 12.5. The van der Waals surface area contributed by atoms with Crippen LogP contribution in [-0.2, 0) is 9.53 Å². The molecule has 170 valence electrons. The molecule has 33 heavy (non-hydrogen) atoms. The number of nitrogens with one attached hydrogen (secondary N) is 3. The van der Waals surface area contributed by atoms with Gasteiger partial charge in [0.25, 0.3) is 0 Å². The van der Waals surface area contributed by atoms with Gasteiger partial charge in [0.2, 0.25) is 5.91 Å². The van der Waals surface area contributed by atoms with Crippen LogP contribution in [0.15, 0.2) is 54.4 Å². The molecule has 0 aliphatic carbocycles. The molecule has 1 fully saturated rings. The molecule has 1 amide bonds. The predicted molar refractivity (Wildman–Crippen MR) is 128 cm³/mol. The van der Waals surface area contributed by atoms with E-state index in [4.69, 9.17) is 30.6 Å².